The number of rotatable bonds is 3. The Morgan fingerprint density at radius 2 is 2.20 bits per heavy atom. The van der Waals surface area contributed by atoms with Crippen LogP contribution in [0.15, 0.2) is 12.3 Å². The Balaban J connectivity index is 2.69. The maximum absolute atomic E-state index is 12.8. The Hall–Kier alpha value is -1.39. The van der Waals surface area contributed by atoms with Crippen molar-refractivity contribution in [2.75, 3.05) is 0 Å². The summed E-state index contributed by atoms with van der Waals surface area (Å²) in [5, 5.41) is 2.24. The highest BCUT2D eigenvalue weighted by Gasteiger charge is 2.31. The van der Waals surface area contributed by atoms with E-state index in [0.717, 1.165) is 12.5 Å². The van der Waals surface area contributed by atoms with Crippen molar-refractivity contribution in [1.82, 2.24) is 10.3 Å². The first-order valence-corrected chi connectivity index (χ1v) is 4.65. The molecule has 1 aromatic rings. The second-order valence-electron chi connectivity index (χ2n) is 3.69. The third kappa shape index (κ3) is 2.78. The molecule has 1 atom stereocenters. The van der Waals surface area contributed by atoms with E-state index in [2.05, 4.69) is 10.3 Å². The van der Waals surface area contributed by atoms with Crippen molar-refractivity contribution in [3.63, 3.8) is 0 Å². The molecule has 2 N–H and O–H groups in total. The highest BCUT2D eigenvalue weighted by atomic mass is 19.3. The summed E-state index contributed by atoms with van der Waals surface area (Å²) in [5.74, 6) is -3.43. The molecule has 1 amide bonds. The number of halogens is 2. The second kappa shape index (κ2) is 4.00. The molecule has 0 bridgehead atoms. The zero-order chi connectivity index (χ0) is 11.6. The van der Waals surface area contributed by atoms with Gasteiger partial charge in [0.2, 0.25) is 0 Å². The van der Waals surface area contributed by atoms with Crippen LogP contribution in [-0.2, 0) is 0 Å². The van der Waals surface area contributed by atoms with Crippen LogP contribution in [0, 0.1) is 6.92 Å². The maximum atomic E-state index is 12.8. The zero-order valence-electron chi connectivity index (χ0n) is 8.90. The summed E-state index contributed by atoms with van der Waals surface area (Å²) in [6.07, 6.45) is 1.60. The molecule has 1 rings (SSSR count). The summed E-state index contributed by atoms with van der Waals surface area (Å²) in [6, 6.07) is 0.525. The Morgan fingerprint density at radius 3 is 2.60 bits per heavy atom. The van der Waals surface area contributed by atoms with Crippen molar-refractivity contribution in [2.24, 2.45) is 0 Å². The first-order valence-electron chi connectivity index (χ1n) is 4.65. The number of amides is 1. The summed E-state index contributed by atoms with van der Waals surface area (Å²) < 4.78 is 25.6. The number of aryl methyl sites for hydroxylation is 1. The average molecular weight is 216 g/mol. The Morgan fingerprint density at radius 1 is 1.60 bits per heavy atom. The smallest absolute Gasteiger partial charge is 0.268 e. The minimum absolute atomic E-state index is 0.325. The van der Waals surface area contributed by atoms with Gasteiger partial charge in [-0.1, -0.05) is 0 Å². The van der Waals surface area contributed by atoms with Crippen LogP contribution in [0.25, 0.3) is 0 Å². The molecule has 3 nitrogen and oxygen atoms in total. The monoisotopic (exact) mass is 216 g/mol. The largest absolute Gasteiger partial charge is 0.357 e. The first kappa shape index (κ1) is 11.7. The summed E-state index contributed by atoms with van der Waals surface area (Å²) in [7, 11) is 0. The van der Waals surface area contributed by atoms with E-state index >= 15 is 0 Å². The molecule has 5 heteroatoms. The molecule has 0 fully saturated rings. The summed E-state index contributed by atoms with van der Waals surface area (Å²) in [6.45, 7) is 3.79. The van der Waals surface area contributed by atoms with Crippen LogP contribution >= 0.6 is 0 Å². The van der Waals surface area contributed by atoms with E-state index in [1.807, 2.05) is 0 Å². The lowest BCUT2D eigenvalue weighted by Gasteiger charge is -2.20. The van der Waals surface area contributed by atoms with Gasteiger partial charge in [-0.25, -0.2) is 8.78 Å². The standard InChI is InChI=1S/C10H14F2N2O/c1-6-4-5-13-8(6)9(15)14-7(2)10(3,11)12/h4-5,7,13H,1-3H3,(H,14,15). The molecule has 0 aliphatic rings. The molecule has 15 heavy (non-hydrogen) atoms. The molecule has 1 unspecified atom stereocenters. The summed E-state index contributed by atoms with van der Waals surface area (Å²) in [4.78, 5) is 14.2. The normalized spacial score (nSPS) is 13.7. The average Bonchev–Trinajstić information content (AvgIpc) is 2.49. The van der Waals surface area contributed by atoms with Gasteiger partial charge in [-0.05, 0) is 25.5 Å². The highest BCUT2D eigenvalue weighted by Crippen LogP contribution is 2.17. The lowest BCUT2D eigenvalue weighted by molar-refractivity contribution is -0.0108. The third-order valence-corrected chi connectivity index (χ3v) is 2.29. The molecule has 0 aliphatic heterocycles. The SMILES string of the molecule is Cc1cc[nH]c1C(=O)NC(C)C(C)(F)F. The van der Waals surface area contributed by atoms with E-state index < -0.39 is 17.9 Å². The molecule has 0 aliphatic carbocycles. The number of hydrogen-bond donors (Lipinski definition) is 2. The second-order valence-corrected chi connectivity index (χ2v) is 3.69. The summed E-state index contributed by atoms with van der Waals surface area (Å²) >= 11 is 0. The van der Waals surface area contributed by atoms with E-state index in [1.54, 1.807) is 19.2 Å². The molecule has 84 valence electrons. The van der Waals surface area contributed by atoms with Crippen LogP contribution in [-0.4, -0.2) is 22.9 Å². The molecule has 0 saturated carbocycles. The van der Waals surface area contributed by atoms with Crippen LogP contribution in [0.4, 0.5) is 8.78 Å². The molecule has 0 spiro atoms. The predicted octanol–water partition coefficient (Wildman–Crippen LogP) is 2.10. The van der Waals surface area contributed by atoms with Crippen molar-refractivity contribution in [1.29, 1.82) is 0 Å². The van der Waals surface area contributed by atoms with E-state index in [9.17, 15) is 13.6 Å². The fourth-order valence-electron chi connectivity index (χ4n) is 1.09. The van der Waals surface area contributed by atoms with Crippen molar-refractivity contribution in [3.05, 3.63) is 23.5 Å². The highest BCUT2D eigenvalue weighted by molar-refractivity contribution is 5.94. The lowest BCUT2D eigenvalue weighted by Crippen LogP contribution is -2.44. The third-order valence-electron chi connectivity index (χ3n) is 2.29. The zero-order valence-corrected chi connectivity index (χ0v) is 8.90. The van der Waals surface area contributed by atoms with Gasteiger partial charge in [0.05, 0.1) is 6.04 Å². The molecule has 0 saturated heterocycles. The van der Waals surface area contributed by atoms with Gasteiger partial charge in [0, 0.05) is 13.1 Å². The Labute approximate surface area is 86.9 Å². The molecular weight excluding hydrogens is 202 g/mol. The van der Waals surface area contributed by atoms with E-state index in [0.29, 0.717) is 5.69 Å². The van der Waals surface area contributed by atoms with Gasteiger partial charge >= 0.3 is 0 Å². The van der Waals surface area contributed by atoms with Crippen molar-refractivity contribution in [3.8, 4) is 0 Å². The van der Waals surface area contributed by atoms with Crippen molar-refractivity contribution in [2.45, 2.75) is 32.7 Å². The lowest BCUT2D eigenvalue weighted by atomic mass is 10.2. The fourth-order valence-corrected chi connectivity index (χ4v) is 1.09. The predicted molar refractivity (Wildman–Crippen MR) is 53.1 cm³/mol. The molecular formula is C10H14F2N2O. The molecule has 0 radical (unpaired) electrons. The van der Waals surface area contributed by atoms with Gasteiger partial charge < -0.3 is 10.3 Å². The van der Waals surface area contributed by atoms with Crippen LogP contribution in [0.1, 0.15) is 29.9 Å². The van der Waals surface area contributed by atoms with Gasteiger partial charge in [0.1, 0.15) is 5.69 Å². The van der Waals surface area contributed by atoms with Crippen LogP contribution < -0.4 is 5.32 Å². The number of carbonyl (C=O) groups is 1. The molecule has 0 aromatic carbocycles. The number of hydrogen-bond acceptors (Lipinski definition) is 1. The number of nitrogens with one attached hydrogen (secondary N) is 2. The van der Waals surface area contributed by atoms with Crippen LogP contribution in [0.5, 0.6) is 0 Å². The number of carbonyl (C=O) groups excluding carboxylic acids is 1. The first-order chi connectivity index (χ1) is 6.82. The van der Waals surface area contributed by atoms with E-state index in [-0.39, 0.29) is 0 Å². The maximum Gasteiger partial charge on any atom is 0.268 e. The van der Waals surface area contributed by atoms with E-state index in [1.165, 1.54) is 6.92 Å². The van der Waals surface area contributed by atoms with E-state index in [4.69, 9.17) is 0 Å². The van der Waals surface area contributed by atoms with Crippen LogP contribution in [0.2, 0.25) is 0 Å². The Bertz CT molecular complexity index is 355. The molecule has 1 aromatic heterocycles. The van der Waals surface area contributed by atoms with Gasteiger partial charge in [0.15, 0.2) is 0 Å². The van der Waals surface area contributed by atoms with Gasteiger partial charge in [-0.15, -0.1) is 0 Å². The minimum Gasteiger partial charge on any atom is -0.357 e. The van der Waals surface area contributed by atoms with Crippen molar-refractivity contribution < 1.29 is 13.6 Å². The van der Waals surface area contributed by atoms with Gasteiger partial charge in [-0.3, -0.25) is 4.79 Å². The number of H-pyrrole nitrogens is 1. The van der Waals surface area contributed by atoms with Crippen LogP contribution in [0.3, 0.4) is 0 Å². The topological polar surface area (TPSA) is 44.9 Å². The number of aromatic nitrogens is 1. The number of alkyl halides is 2. The van der Waals surface area contributed by atoms with Gasteiger partial charge in [0.25, 0.3) is 11.8 Å². The van der Waals surface area contributed by atoms with Gasteiger partial charge in [-0.2, -0.15) is 0 Å². The Kier molecular flexibility index (Phi) is 3.12. The van der Waals surface area contributed by atoms with Crippen molar-refractivity contribution >= 4 is 5.91 Å². The summed E-state index contributed by atoms with van der Waals surface area (Å²) in [5.41, 5.74) is 1.06. The fraction of sp³-hybridized carbons (Fsp3) is 0.500. The molecule has 1 heterocycles. The number of aromatic amines is 1. The minimum atomic E-state index is -2.92. The quantitative estimate of drug-likeness (QED) is 0.798.